The van der Waals surface area contributed by atoms with Crippen LogP contribution in [0.2, 0.25) is 10.0 Å². The van der Waals surface area contributed by atoms with Crippen LogP contribution >= 0.6 is 35.0 Å². The Morgan fingerprint density at radius 2 is 1.88 bits per heavy atom. The summed E-state index contributed by atoms with van der Waals surface area (Å²) in [6, 6.07) is 9.23. The second kappa shape index (κ2) is 8.43. The molecule has 0 N–H and O–H groups in total. The van der Waals surface area contributed by atoms with E-state index in [9.17, 15) is 4.79 Å². The molecule has 0 aliphatic carbocycles. The highest BCUT2D eigenvalue weighted by Crippen LogP contribution is 2.35. The Kier molecular flexibility index (Phi) is 6.26. The molecule has 1 amide bonds. The van der Waals surface area contributed by atoms with Crippen molar-refractivity contribution >= 4 is 40.9 Å². The Labute approximate surface area is 162 Å². The molecule has 1 aliphatic heterocycles. The number of halogens is 2. The maximum atomic E-state index is 12.5. The van der Waals surface area contributed by atoms with Crippen LogP contribution in [0.1, 0.15) is 35.8 Å². The van der Waals surface area contributed by atoms with E-state index in [-0.39, 0.29) is 5.91 Å². The lowest BCUT2D eigenvalue weighted by molar-refractivity contribution is 0.0697. The summed E-state index contributed by atoms with van der Waals surface area (Å²) in [5.74, 6) is 1.44. The molecule has 0 saturated carbocycles. The highest BCUT2D eigenvalue weighted by Gasteiger charge is 2.21. The number of pyridine rings is 1. The third kappa shape index (κ3) is 4.69. The van der Waals surface area contributed by atoms with E-state index in [0.717, 1.165) is 36.5 Å². The molecule has 3 nitrogen and oxygen atoms in total. The molecule has 2 heterocycles. The zero-order valence-corrected chi connectivity index (χ0v) is 16.4. The Balaban J connectivity index is 1.61. The van der Waals surface area contributed by atoms with Crippen LogP contribution in [0.3, 0.4) is 0 Å². The van der Waals surface area contributed by atoms with Crippen LogP contribution < -0.4 is 0 Å². The lowest BCUT2D eigenvalue weighted by Gasteiger charge is -2.30. The molecule has 132 valence electrons. The minimum Gasteiger partial charge on any atom is -0.339 e. The summed E-state index contributed by atoms with van der Waals surface area (Å²) in [7, 11) is 0. The lowest BCUT2D eigenvalue weighted by Crippen LogP contribution is -2.37. The van der Waals surface area contributed by atoms with Gasteiger partial charge >= 0.3 is 0 Å². The molecule has 0 atom stereocenters. The van der Waals surface area contributed by atoms with Crippen molar-refractivity contribution < 1.29 is 4.79 Å². The quantitative estimate of drug-likeness (QED) is 0.636. The Morgan fingerprint density at radius 1 is 1.20 bits per heavy atom. The molecular weight excluding hydrogens is 375 g/mol. The highest BCUT2D eigenvalue weighted by molar-refractivity contribution is 7.98. The van der Waals surface area contributed by atoms with Gasteiger partial charge in [-0.3, -0.25) is 9.78 Å². The number of hydrogen-bond donors (Lipinski definition) is 0. The van der Waals surface area contributed by atoms with Gasteiger partial charge in [-0.25, -0.2) is 0 Å². The normalized spacial score (nSPS) is 15.4. The molecule has 2 aromatic rings. The van der Waals surface area contributed by atoms with Gasteiger partial charge in [0.25, 0.3) is 5.91 Å². The summed E-state index contributed by atoms with van der Waals surface area (Å²) in [4.78, 5) is 19.7. The van der Waals surface area contributed by atoms with Gasteiger partial charge in [-0.1, -0.05) is 36.2 Å². The molecule has 1 aromatic carbocycles. The standard InChI is InChI=1S/C19H20Cl2N2OS/c1-13-7-9-23(10-8-13)19(24)14-5-6-15(22-11-14)12-25-18-16(20)3-2-4-17(18)21/h2-6,11,13H,7-10,12H2,1H3. The van der Waals surface area contributed by atoms with E-state index >= 15 is 0 Å². The van der Waals surface area contributed by atoms with Gasteiger partial charge in [0.2, 0.25) is 0 Å². The highest BCUT2D eigenvalue weighted by atomic mass is 35.5. The Bertz CT molecular complexity index is 723. The number of likely N-dealkylation sites (tertiary alicyclic amines) is 1. The first kappa shape index (κ1) is 18.6. The molecule has 3 rings (SSSR count). The molecule has 1 saturated heterocycles. The number of carbonyl (C=O) groups excluding carboxylic acids is 1. The molecule has 1 fully saturated rings. The van der Waals surface area contributed by atoms with Crippen LogP contribution in [0.5, 0.6) is 0 Å². The second-order valence-corrected chi connectivity index (χ2v) is 8.15. The third-order valence-electron chi connectivity index (χ3n) is 4.43. The van der Waals surface area contributed by atoms with Gasteiger partial charge in [0.15, 0.2) is 0 Å². The van der Waals surface area contributed by atoms with Gasteiger partial charge in [-0.15, -0.1) is 11.8 Å². The van der Waals surface area contributed by atoms with E-state index < -0.39 is 0 Å². The SMILES string of the molecule is CC1CCN(C(=O)c2ccc(CSc3c(Cl)cccc3Cl)nc2)CC1. The molecule has 0 bridgehead atoms. The predicted molar refractivity (Wildman–Crippen MR) is 105 cm³/mol. The summed E-state index contributed by atoms with van der Waals surface area (Å²) < 4.78 is 0. The number of carbonyl (C=O) groups is 1. The minimum absolute atomic E-state index is 0.0766. The smallest absolute Gasteiger partial charge is 0.255 e. The van der Waals surface area contributed by atoms with Gasteiger partial charge in [-0.05, 0) is 43.0 Å². The van der Waals surface area contributed by atoms with Crippen molar-refractivity contribution in [2.45, 2.75) is 30.4 Å². The van der Waals surface area contributed by atoms with Crippen LogP contribution in [-0.2, 0) is 5.75 Å². The second-order valence-electron chi connectivity index (χ2n) is 6.35. The fourth-order valence-corrected chi connectivity index (χ4v) is 4.40. The van der Waals surface area contributed by atoms with E-state index in [1.165, 1.54) is 0 Å². The van der Waals surface area contributed by atoms with Gasteiger partial charge in [-0.2, -0.15) is 0 Å². The molecule has 1 aromatic heterocycles. The van der Waals surface area contributed by atoms with Crippen molar-refractivity contribution in [3.63, 3.8) is 0 Å². The summed E-state index contributed by atoms with van der Waals surface area (Å²) >= 11 is 13.9. The van der Waals surface area contributed by atoms with E-state index in [0.29, 0.717) is 27.3 Å². The number of aromatic nitrogens is 1. The zero-order valence-electron chi connectivity index (χ0n) is 14.0. The summed E-state index contributed by atoms with van der Waals surface area (Å²) in [5.41, 5.74) is 1.55. The average molecular weight is 395 g/mol. The monoisotopic (exact) mass is 394 g/mol. The first-order chi connectivity index (χ1) is 12.0. The maximum absolute atomic E-state index is 12.5. The summed E-state index contributed by atoms with van der Waals surface area (Å²) in [5, 5.41) is 1.28. The van der Waals surface area contributed by atoms with Crippen LogP contribution in [0.25, 0.3) is 0 Å². The van der Waals surface area contributed by atoms with Gasteiger partial charge < -0.3 is 4.90 Å². The zero-order chi connectivity index (χ0) is 17.8. The Morgan fingerprint density at radius 3 is 2.48 bits per heavy atom. The molecule has 0 spiro atoms. The van der Waals surface area contributed by atoms with Gasteiger partial charge in [0.05, 0.1) is 21.3 Å². The van der Waals surface area contributed by atoms with Crippen molar-refractivity contribution in [2.75, 3.05) is 13.1 Å². The molecule has 25 heavy (non-hydrogen) atoms. The first-order valence-electron chi connectivity index (χ1n) is 8.35. The molecular formula is C19H20Cl2N2OS. The van der Waals surface area contributed by atoms with Crippen molar-refractivity contribution in [3.8, 4) is 0 Å². The molecule has 0 unspecified atom stereocenters. The number of thioether (sulfide) groups is 1. The van der Waals surface area contributed by atoms with Crippen molar-refractivity contribution in [1.29, 1.82) is 0 Å². The lowest BCUT2D eigenvalue weighted by atomic mass is 9.99. The van der Waals surface area contributed by atoms with E-state index in [1.807, 2.05) is 35.2 Å². The van der Waals surface area contributed by atoms with Crippen molar-refractivity contribution in [3.05, 3.63) is 57.8 Å². The van der Waals surface area contributed by atoms with Crippen molar-refractivity contribution in [2.24, 2.45) is 5.92 Å². The summed E-state index contributed by atoms with van der Waals surface area (Å²) in [6.45, 7) is 3.91. The van der Waals surface area contributed by atoms with Crippen LogP contribution in [0.4, 0.5) is 0 Å². The average Bonchev–Trinajstić information content (AvgIpc) is 2.62. The first-order valence-corrected chi connectivity index (χ1v) is 10.1. The number of nitrogens with zero attached hydrogens (tertiary/aromatic N) is 2. The maximum Gasteiger partial charge on any atom is 0.255 e. The molecule has 1 aliphatic rings. The fraction of sp³-hybridized carbons (Fsp3) is 0.368. The number of rotatable bonds is 4. The van der Waals surface area contributed by atoms with E-state index in [4.69, 9.17) is 23.2 Å². The molecule has 0 radical (unpaired) electrons. The van der Waals surface area contributed by atoms with Gasteiger partial charge in [0, 0.05) is 29.9 Å². The number of hydrogen-bond acceptors (Lipinski definition) is 3. The van der Waals surface area contributed by atoms with Crippen LogP contribution in [0.15, 0.2) is 41.4 Å². The van der Waals surface area contributed by atoms with Gasteiger partial charge in [0.1, 0.15) is 0 Å². The Hall–Kier alpha value is -1.23. The minimum atomic E-state index is 0.0766. The largest absolute Gasteiger partial charge is 0.339 e. The van der Waals surface area contributed by atoms with Crippen molar-refractivity contribution in [1.82, 2.24) is 9.88 Å². The third-order valence-corrected chi connectivity index (χ3v) is 6.45. The van der Waals surface area contributed by atoms with Crippen LogP contribution in [0, 0.1) is 5.92 Å². The fourth-order valence-electron chi connectivity index (χ4n) is 2.80. The topological polar surface area (TPSA) is 33.2 Å². The number of piperidine rings is 1. The van der Waals surface area contributed by atoms with Crippen LogP contribution in [-0.4, -0.2) is 28.9 Å². The van der Waals surface area contributed by atoms with E-state index in [2.05, 4.69) is 11.9 Å². The number of benzene rings is 1. The number of amides is 1. The predicted octanol–water partition coefficient (Wildman–Crippen LogP) is 5.55. The summed E-state index contributed by atoms with van der Waals surface area (Å²) in [6.07, 6.45) is 3.82. The molecule has 6 heteroatoms. The van der Waals surface area contributed by atoms with E-state index in [1.54, 1.807) is 18.0 Å².